The van der Waals surface area contributed by atoms with E-state index < -0.39 is 17.9 Å². The molecule has 104 valence electrons. The summed E-state index contributed by atoms with van der Waals surface area (Å²) in [6.07, 6.45) is -0.0904. The van der Waals surface area contributed by atoms with Crippen LogP contribution in [-0.4, -0.2) is 27.4 Å². The van der Waals surface area contributed by atoms with Gasteiger partial charge in [0.2, 0.25) is 11.8 Å². The number of nitrogens with zero attached hydrogens (tertiary/aromatic N) is 1. The Hall–Kier alpha value is -2.96. The smallest absolute Gasteiger partial charge is 0.492 e. The van der Waals surface area contributed by atoms with Crippen molar-refractivity contribution in [3.63, 3.8) is 0 Å². The van der Waals surface area contributed by atoms with Gasteiger partial charge in [-0.25, -0.2) is 4.79 Å². The van der Waals surface area contributed by atoms with Crippen LogP contribution in [0.3, 0.4) is 0 Å². The predicted molar refractivity (Wildman–Crippen MR) is 66.6 cm³/mol. The second-order valence-corrected chi connectivity index (χ2v) is 3.80. The summed E-state index contributed by atoms with van der Waals surface area (Å²) in [7, 11) is 0. The lowest BCUT2D eigenvalue weighted by molar-refractivity contribution is -0.107. The zero-order chi connectivity index (χ0) is 14.5. The third kappa shape index (κ3) is 3.08. The second-order valence-electron chi connectivity index (χ2n) is 3.80. The molecule has 7 heteroatoms. The number of ether oxygens (including phenoxy) is 1. The molecule has 1 aromatic heterocycles. The number of hydrogen-bond acceptors (Lipinski definition) is 6. The first kappa shape index (κ1) is 13.5. The highest BCUT2D eigenvalue weighted by molar-refractivity contribution is 5.64. The molecule has 20 heavy (non-hydrogen) atoms. The van der Waals surface area contributed by atoms with E-state index in [1.165, 1.54) is 12.1 Å². The zero-order valence-electron chi connectivity index (χ0n) is 10.2. The molecule has 7 nitrogen and oxygen atoms in total. The minimum atomic E-state index is -1.13. The normalized spacial score (nSPS) is 10.0. The van der Waals surface area contributed by atoms with E-state index in [4.69, 9.17) is 4.74 Å². The minimum absolute atomic E-state index is 0.204. The number of carbonyl (C=O) groups excluding carboxylic acids is 2. The van der Waals surface area contributed by atoms with Crippen LogP contribution in [0.25, 0.3) is 0 Å². The second kappa shape index (κ2) is 5.79. The van der Waals surface area contributed by atoms with Gasteiger partial charge in [0.05, 0.1) is 0 Å². The minimum Gasteiger partial charge on any atom is -0.492 e. The summed E-state index contributed by atoms with van der Waals surface area (Å²) < 4.78 is 5.36. The van der Waals surface area contributed by atoms with Crippen molar-refractivity contribution in [3.05, 3.63) is 42.0 Å². The van der Waals surface area contributed by atoms with Crippen LogP contribution in [0.15, 0.2) is 36.4 Å². The van der Waals surface area contributed by atoms with Crippen LogP contribution >= 0.6 is 0 Å². The Kier molecular flexibility index (Phi) is 3.90. The Bertz CT molecular complexity index is 597. The molecule has 1 heterocycles. The van der Waals surface area contributed by atoms with Crippen LogP contribution in [0.5, 0.6) is 17.5 Å². The Morgan fingerprint density at radius 3 is 2.25 bits per heavy atom. The molecule has 0 aliphatic rings. The van der Waals surface area contributed by atoms with Crippen molar-refractivity contribution in [1.29, 1.82) is 0 Å². The highest BCUT2D eigenvalue weighted by Gasteiger charge is 2.13. The third-order valence-electron chi connectivity index (χ3n) is 2.41. The average Bonchev–Trinajstić information content (AvgIpc) is 2.73. The molecule has 0 radical (unpaired) electrons. The Morgan fingerprint density at radius 2 is 1.70 bits per heavy atom. The predicted octanol–water partition coefficient (Wildman–Crippen LogP) is 1.27. The van der Waals surface area contributed by atoms with E-state index in [2.05, 4.69) is 4.84 Å². The number of carbonyl (C=O) groups is 2. The lowest BCUT2D eigenvalue weighted by Crippen LogP contribution is -2.22. The summed E-state index contributed by atoms with van der Waals surface area (Å²) in [6, 6.07) is 8.54. The largest absolute Gasteiger partial charge is 0.539 e. The molecule has 2 rings (SSSR count). The number of benzene rings is 1. The van der Waals surface area contributed by atoms with E-state index >= 15 is 0 Å². The maximum atomic E-state index is 11.5. The van der Waals surface area contributed by atoms with Gasteiger partial charge in [-0.1, -0.05) is 12.1 Å². The maximum absolute atomic E-state index is 11.5. The monoisotopic (exact) mass is 277 g/mol. The van der Waals surface area contributed by atoms with Crippen LogP contribution in [0.2, 0.25) is 0 Å². The van der Waals surface area contributed by atoms with Crippen molar-refractivity contribution in [3.8, 4) is 17.5 Å². The molecule has 0 bridgehead atoms. The lowest BCUT2D eigenvalue weighted by Gasteiger charge is -2.07. The summed E-state index contributed by atoms with van der Waals surface area (Å²) >= 11 is 0. The average molecular weight is 277 g/mol. The molecule has 0 fully saturated rings. The van der Waals surface area contributed by atoms with E-state index in [0.717, 1.165) is 24.0 Å². The lowest BCUT2D eigenvalue weighted by atomic mass is 10.2. The molecule has 0 aliphatic heterocycles. The number of rotatable bonds is 4. The van der Waals surface area contributed by atoms with Crippen LogP contribution < -0.4 is 9.57 Å². The molecule has 0 saturated heterocycles. The molecule has 0 aliphatic carbocycles. The van der Waals surface area contributed by atoms with Crippen molar-refractivity contribution in [1.82, 2.24) is 4.73 Å². The first-order valence-electron chi connectivity index (χ1n) is 5.62. The summed E-state index contributed by atoms with van der Waals surface area (Å²) in [5.74, 6) is -0.683. The van der Waals surface area contributed by atoms with Gasteiger partial charge in [0.25, 0.3) is 0 Å². The summed E-state index contributed by atoms with van der Waals surface area (Å²) in [5, 5.41) is 18.6. The molecule has 0 unspecified atom stereocenters. The van der Waals surface area contributed by atoms with Gasteiger partial charge in [-0.3, -0.25) is 4.84 Å². The molecular weight excluding hydrogens is 266 g/mol. The van der Waals surface area contributed by atoms with E-state index in [-0.39, 0.29) is 12.2 Å². The molecule has 2 N–H and O–H groups in total. The summed E-state index contributed by atoms with van der Waals surface area (Å²) in [5.41, 5.74) is 0.779. The van der Waals surface area contributed by atoms with Crippen LogP contribution in [0.4, 0.5) is 4.79 Å². The van der Waals surface area contributed by atoms with Crippen molar-refractivity contribution < 1.29 is 29.4 Å². The quantitative estimate of drug-likeness (QED) is 0.496. The maximum Gasteiger partial charge on any atom is 0.539 e. The standard InChI is InChI=1S/C13H11NO6/c15-8-7-9-1-3-10(4-2-9)19-13(18)20-14-11(16)5-6-12(14)17/h1-6,8,16-17H,7H2. The van der Waals surface area contributed by atoms with E-state index in [1.54, 1.807) is 12.1 Å². The van der Waals surface area contributed by atoms with Crippen LogP contribution in [-0.2, 0) is 11.2 Å². The number of aldehydes is 1. The fraction of sp³-hybridized carbons (Fsp3) is 0.0769. The van der Waals surface area contributed by atoms with E-state index in [1.807, 2.05) is 0 Å². The molecule has 0 saturated carbocycles. The molecule has 0 spiro atoms. The first-order chi connectivity index (χ1) is 9.60. The Morgan fingerprint density at radius 1 is 1.10 bits per heavy atom. The fourth-order valence-electron chi connectivity index (χ4n) is 1.47. The zero-order valence-corrected chi connectivity index (χ0v) is 10.2. The van der Waals surface area contributed by atoms with Crippen molar-refractivity contribution >= 4 is 12.4 Å². The molecule has 2 aromatic rings. The van der Waals surface area contributed by atoms with E-state index in [0.29, 0.717) is 4.73 Å². The highest BCUT2D eigenvalue weighted by Crippen LogP contribution is 2.19. The topological polar surface area (TPSA) is 98.0 Å². The molecular formula is C13H11NO6. The Balaban J connectivity index is 1.99. The Labute approximate surface area is 113 Å². The summed E-state index contributed by atoms with van der Waals surface area (Å²) in [4.78, 5) is 26.4. The third-order valence-corrected chi connectivity index (χ3v) is 2.41. The van der Waals surface area contributed by atoms with Gasteiger partial charge in [0, 0.05) is 18.6 Å². The van der Waals surface area contributed by atoms with Crippen LogP contribution in [0.1, 0.15) is 5.56 Å². The molecule has 0 atom stereocenters. The molecule has 1 aromatic carbocycles. The number of aromatic hydroxyl groups is 2. The SMILES string of the molecule is O=CCc1ccc(OC(=O)On2c(O)ccc2O)cc1. The summed E-state index contributed by atoms with van der Waals surface area (Å²) in [6.45, 7) is 0. The molecule has 0 amide bonds. The van der Waals surface area contributed by atoms with Gasteiger partial charge < -0.3 is 19.7 Å². The fourth-order valence-corrected chi connectivity index (χ4v) is 1.47. The number of hydrogen-bond donors (Lipinski definition) is 2. The van der Waals surface area contributed by atoms with Crippen LogP contribution in [0, 0.1) is 0 Å². The first-order valence-corrected chi connectivity index (χ1v) is 5.62. The van der Waals surface area contributed by atoms with Gasteiger partial charge in [0.15, 0.2) is 0 Å². The van der Waals surface area contributed by atoms with Crippen molar-refractivity contribution in [2.24, 2.45) is 0 Å². The van der Waals surface area contributed by atoms with Crippen molar-refractivity contribution in [2.45, 2.75) is 6.42 Å². The van der Waals surface area contributed by atoms with Gasteiger partial charge in [-0.05, 0) is 17.7 Å². The van der Waals surface area contributed by atoms with Gasteiger partial charge >= 0.3 is 6.16 Å². The van der Waals surface area contributed by atoms with Crippen molar-refractivity contribution in [2.75, 3.05) is 0 Å². The van der Waals surface area contributed by atoms with E-state index in [9.17, 15) is 19.8 Å². The van der Waals surface area contributed by atoms with Gasteiger partial charge in [-0.15, -0.1) is 4.73 Å². The van der Waals surface area contributed by atoms with Gasteiger partial charge in [0.1, 0.15) is 12.0 Å². The van der Waals surface area contributed by atoms with Gasteiger partial charge in [-0.2, -0.15) is 0 Å². The highest BCUT2D eigenvalue weighted by atomic mass is 16.8. The number of aromatic nitrogens is 1.